The van der Waals surface area contributed by atoms with Crippen LogP contribution in [0.5, 0.6) is 0 Å². The molecule has 0 amide bonds. The number of aromatic nitrogens is 3. The fourth-order valence-electron chi connectivity index (χ4n) is 2.26. The maximum absolute atomic E-state index is 14.4. The molecule has 134 valence electrons. The van der Waals surface area contributed by atoms with Gasteiger partial charge < -0.3 is 11.5 Å². The third kappa shape index (κ3) is 3.69. The molecule has 0 unspecified atom stereocenters. The molecule has 10 heteroatoms. The van der Waals surface area contributed by atoms with Crippen LogP contribution >= 0.6 is 11.8 Å². The van der Waals surface area contributed by atoms with Crippen LogP contribution in [-0.2, 0) is 6.18 Å². The number of nitrogen functional groups attached to an aromatic ring is 2. The molecular formula is C16H11F4N5S. The number of rotatable bonds is 3. The molecule has 2 aromatic heterocycles. The Morgan fingerprint density at radius 3 is 2.27 bits per heavy atom. The molecule has 0 aliphatic rings. The van der Waals surface area contributed by atoms with Gasteiger partial charge in [0.15, 0.2) is 5.69 Å². The maximum Gasteiger partial charge on any atom is 0.434 e. The van der Waals surface area contributed by atoms with E-state index in [1.54, 1.807) is 24.5 Å². The highest BCUT2D eigenvalue weighted by Gasteiger charge is 2.37. The molecular weight excluding hydrogens is 370 g/mol. The Labute approximate surface area is 149 Å². The molecule has 2 heterocycles. The second-order valence-corrected chi connectivity index (χ2v) is 6.23. The molecule has 1 aromatic carbocycles. The molecule has 3 rings (SSSR count). The smallest absolute Gasteiger partial charge is 0.383 e. The van der Waals surface area contributed by atoms with Crippen LogP contribution in [0.1, 0.15) is 5.69 Å². The van der Waals surface area contributed by atoms with Gasteiger partial charge in [-0.05, 0) is 29.8 Å². The SMILES string of the molecule is Nc1nc(N)c(-c2ccc(Sc3ccncc3)c(F)c2)c(C(F)(F)F)n1. The number of hydrogen-bond donors (Lipinski definition) is 2. The summed E-state index contributed by atoms with van der Waals surface area (Å²) in [5.41, 5.74) is 8.95. The predicted molar refractivity (Wildman–Crippen MR) is 89.6 cm³/mol. The van der Waals surface area contributed by atoms with Crippen LogP contribution in [0.2, 0.25) is 0 Å². The minimum atomic E-state index is -4.82. The fraction of sp³-hybridized carbons (Fsp3) is 0.0625. The van der Waals surface area contributed by atoms with Gasteiger partial charge in [-0.15, -0.1) is 0 Å². The lowest BCUT2D eigenvalue weighted by atomic mass is 10.0. The minimum Gasteiger partial charge on any atom is -0.383 e. The Balaban J connectivity index is 2.05. The summed E-state index contributed by atoms with van der Waals surface area (Å²) < 4.78 is 54.2. The number of nitrogens with two attached hydrogens (primary N) is 2. The van der Waals surface area contributed by atoms with Gasteiger partial charge in [-0.2, -0.15) is 18.2 Å². The fourth-order valence-corrected chi connectivity index (χ4v) is 3.06. The van der Waals surface area contributed by atoms with Crippen molar-refractivity contribution in [2.75, 3.05) is 11.5 Å². The van der Waals surface area contributed by atoms with E-state index in [1.807, 2.05) is 0 Å². The molecule has 26 heavy (non-hydrogen) atoms. The molecule has 0 saturated heterocycles. The largest absolute Gasteiger partial charge is 0.434 e. The first-order chi connectivity index (χ1) is 12.3. The summed E-state index contributed by atoms with van der Waals surface area (Å²) >= 11 is 1.11. The second-order valence-electron chi connectivity index (χ2n) is 5.12. The number of anilines is 2. The average molecular weight is 381 g/mol. The summed E-state index contributed by atoms with van der Waals surface area (Å²) in [6, 6.07) is 7.03. The van der Waals surface area contributed by atoms with Gasteiger partial charge in [0.05, 0.1) is 5.56 Å². The first-order valence-corrected chi connectivity index (χ1v) is 7.95. The van der Waals surface area contributed by atoms with Gasteiger partial charge in [0.2, 0.25) is 5.95 Å². The average Bonchev–Trinajstić information content (AvgIpc) is 2.56. The zero-order valence-corrected chi connectivity index (χ0v) is 13.8. The highest BCUT2D eigenvalue weighted by Crippen LogP contribution is 2.40. The van der Waals surface area contributed by atoms with Gasteiger partial charge in [0.25, 0.3) is 0 Å². The van der Waals surface area contributed by atoms with E-state index in [1.165, 1.54) is 12.1 Å². The summed E-state index contributed by atoms with van der Waals surface area (Å²) in [6.07, 6.45) is -1.71. The topological polar surface area (TPSA) is 90.7 Å². The third-order valence-corrected chi connectivity index (χ3v) is 4.38. The van der Waals surface area contributed by atoms with E-state index < -0.39 is 35.0 Å². The van der Waals surface area contributed by atoms with Crippen molar-refractivity contribution in [3.63, 3.8) is 0 Å². The molecule has 3 aromatic rings. The second kappa shape index (κ2) is 6.79. The van der Waals surface area contributed by atoms with E-state index in [2.05, 4.69) is 15.0 Å². The zero-order chi connectivity index (χ0) is 18.9. The normalized spacial score (nSPS) is 11.5. The van der Waals surface area contributed by atoms with Crippen molar-refractivity contribution in [1.29, 1.82) is 0 Å². The van der Waals surface area contributed by atoms with Crippen LogP contribution < -0.4 is 11.5 Å². The van der Waals surface area contributed by atoms with E-state index in [4.69, 9.17) is 11.5 Å². The number of pyridine rings is 1. The van der Waals surface area contributed by atoms with Gasteiger partial charge in [-0.3, -0.25) is 4.98 Å². The van der Waals surface area contributed by atoms with Crippen molar-refractivity contribution in [3.05, 3.63) is 54.2 Å². The Bertz CT molecular complexity index is 947. The highest BCUT2D eigenvalue weighted by molar-refractivity contribution is 7.99. The Morgan fingerprint density at radius 2 is 1.65 bits per heavy atom. The summed E-state index contributed by atoms with van der Waals surface area (Å²) in [4.78, 5) is 11.6. The highest BCUT2D eigenvalue weighted by atomic mass is 32.2. The van der Waals surface area contributed by atoms with E-state index in [0.717, 1.165) is 22.7 Å². The molecule has 0 aliphatic carbocycles. The lowest BCUT2D eigenvalue weighted by Gasteiger charge is -2.15. The van der Waals surface area contributed by atoms with Gasteiger partial charge >= 0.3 is 6.18 Å². The van der Waals surface area contributed by atoms with Crippen LogP contribution in [0.4, 0.5) is 29.3 Å². The van der Waals surface area contributed by atoms with E-state index in [0.29, 0.717) is 0 Å². The number of alkyl halides is 3. The molecule has 0 atom stereocenters. The standard InChI is InChI=1S/C16H11F4N5S/c17-10-7-8(1-2-11(10)26-9-3-5-23-6-4-9)12-13(16(18,19)20)24-15(22)25-14(12)21/h1-7H,(H4,21,22,24,25). The molecule has 0 saturated carbocycles. The van der Waals surface area contributed by atoms with Crippen LogP contribution in [-0.4, -0.2) is 15.0 Å². The Kier molecular flexibility index (Phi) is 4.68. The van der Waals surface area contributed by atoms with Gasteiger partial charge in [-0.1, -0.05) is 17.8 Å². The van der Waals surface area contributed by atoms with Crippen molar-refractivity contribution >= 4 is 23.5 Å². The van der Waals surface area contributed by atoms with Crippen LogP contribution in [0.25, 0.3) is 11.1 Å². The number of nitrogens with zero attached hydrogens (tertiary/aromatic N) is 3. The van der Waals surface area contributed by atoms with Crippen molar-refractivity contribution in [3.8, 4) is 11.1 Å². The van der Waals surface area contributed by atoms with Crippen molar-refractivity contribution in [2.24, 2.45) is 0 Å². The third-order valence-electron chi connectivity index (χ3n) is 3.32. The molecule has 0 radical (unpaired) electrons. The first-order valence-electron chi connectivity index (χ1n) is 7.13. The van der Waals surface area contributed by atoms with Crippen LogP contribution in [0, 0.1) is 5.82 Å². The molecule has 0 spiro atoms. The quantitative estimate of drug-likeness (QED) is 0.666. The summed E-state index contributed by atoms with van der Waals surface area (Å²) in [6.45, 7) is 0. The summed E-state index contributed by atoms with van der Waals surface area (Å²) in [7, 11) is 0. The van der Waals surface area contributed by atoms with Gasteiger partial charge in [0.1, 0.15) is 11.6 Å². The predicted octanol–water partition coefficient (Wildman–Crippen LogP) is 4.01. The van der Waals surface area contributed by atoms with Gasteiger partial charge in [0, 0.05) is 22.2 Å². The lowest BCUT2D eigenvalue weighted by molar-refractivity contribution is -0.140. The number of hydrogen-bond acceptors (Lipinski definition) is 6. The molecule has 4 N–H and O–H groups in total. The maximum atomic E-state index is 14.4. The molecule has 5 nitrogen and oxygen atoms in total. The van der Waals surface area contributed by atoms with Crippen LogP contribution in [0.3, 0.4) is 0 Å². The minimum absolute atomic E-state index is 0.0913. The number of halogens is 4. The monoisotopic (exact) mass is 381 g/mol. The first kappa shape index (κ1) is 17.9. The lowest BCUT2D eigenvalue weighted by Crippen LogP contribution is -2.15. The molecule has 0 fully saturated rings. The van der Waals surface area contributed by atoms with Crippen molar-refractivity contribution in [1.82, 2.24) is 15.0 Å². The van der Waals surface area contributed by atoms with E-state index in [-0.39, 0.29) is 10.5 Å². The van der Waals surface area contributed by atoms with E-state index in [9.17, 15) is 17.6 Å². The van der Waals surface area contributed by atoms with Crippen molar-refractivity contribution in [2.45, 2.75) is 16.0 Å². The summed E-state index contributed by atoms with van der Waals surface area (Å²) in [5, 5.41) is 0. The summed E-state index contributed by atoms with van der Waals surface area (Å²) in [5.74, 6) is -1.78. The van der Waals surface area contributed by atoms with Gasteiger partial charge in [-0.25, -0.2) is 9.37 Å². The molecule has 0 bridgehead atoms. The van der Waals surface area contributed by atoms with Crippen molar-refractivity contribution < 1.29 is 17.6 Å². The van der Waals surface area contributed by atoms with E-state index >= 15 is 0 Å². The van der Waals surface area contributed by atoms with Crippen LogP contribution in [0.15, 0.2) is 52.5 Å². The number of benzene rings is 1. The molecule has 0 aliphatic heterocycles. The Morgan fingerprint density at radius 1 is 0.962 bits per heavy atom. The zero-order valence-electron chi connectivity index (χ0n) is 13.0. The Hall–Kier alpha value is -2.88.